The average Bonchev–Trinajstić information content (AvgIpc) is 2.92. The van der Waals surface area contributed by atoms with E-state index in [1.807, 2.05) is 18.3 Å². The summed E-state index contributed by atoms with van der Waals surface area (Å²) in [4.78, 5) is 6.73. The van der Waals surface area contributed by atoms with Crippen LogP contribution < -0.4 is 4.90 Å². The van der Waals surface area contributed by atoms with Crippen molar-refractivity contribution in [2.45, 2.75) is 24.8 Å². The molecule has 1 N–H and O–H groups in total. The maximum absolute atomic E-state index is 9.92. The molecule has 3 atom stereocenters. The maximum Gasteiger partial charge on any atom is 0.132 e. The van der Waals surface area contributed by atoms with E-state index in [0.29, 0.717) is 17.7 Å². The molecule has 3 unspecified atom stereocenters. The van der Waals surface area contributed by atoms with Gasteiger partial charge in [-0.3, -0.25) is 0 Å². The van der Waals surface area contributed by atoms with Crippen molar-refractivity contribution in [3.8, 4) is 0 Å². The van der Waals surface area contributed by atoms with Crippen LogP contribution in [0.4, 0.5) is 5.82 Å². The second-order valence-electron chi connectivity index (χ2n) is 5.09. The summed E-state index contributed by atoms with van der Waals surface area (Å²) in [6.45, 7) is 1.94. The van der Waals surface area contributed by atoms with Crippen molar-refractivity contribution in [2.24, 2.45) is 11.8 Å². The third-order valence-electron chi connectivity index (χ3n) is 4.13. The molecule has 0 amide bonds. The van der Waals surface area contributed by atoms with Crippen LogP contribution in [-0.2, 0) is 5.88 Å². The van der Waals surface area contributed by atoms with Gasteiger partial charge in [0.05, 0.1) is 12.0 Å². The zero-order valence-electron chi connectivity index (χ0n) is 9.72. The fourth-order valence-corrected chi connectivity index (χ4v) is 3.44. The van der Waals surface area contributed by atoms with Gasteiger partial charge in [0.25, 0.3) is 0 Å². The summed E-state index contributed by atoms with van der Waals surface area (Å²) >= 11 is 5.94. The lowest BCUT2D eigenvalue weighted by atomic mass is 10.00. The van der Waals surface area contributed by atoms with E-state index in [9.17, 15) is 5.11 Å². The Balaban J connectivity index is 1.82. The van der Waals surface area contributed by atoms with Crippen molar-refractivity contribution in [1.29, 1.82) is 0 Å². The molecule has 2 aliphatic rings. The van der Waals surface area contributed by atoms with Crippen LogP contribution in [0.5, 0.6) is 0 Å². The molecule has 3 nitrogen and oxygen atoms in total. The Bertz CT molecular complexity index is 412. The van der Waals surface area contributed by atoms with Crippen molar-refractivity contribution in [1.82, 2.24) is 4.98 Å². The van der Waals surface area contributed by atoms with Gasteiger partial charge < -0.3 is 10.0 Å². The van der Waals surface area contributed by atoms with Crippen molar-refractivity contribution in [3.05, 3.63) is 23.9 Å². The van der Waals surface area contributed by atoms with Crippen LogP contribution in [-0.4, -0.2) is 29.3 Å². The minimum Gasteiger partial charge on any atom is -0.393 e. The molecule has 4 heteroatoms. The lowest BCUT2D eigenvalue weighted by Crippen LogP contribution is -2.25. The molecule has 1 saturated carbocycles. The van der Waals surface area contributed by atoms with Crippen molar-refractivity contribution in [3.63, 3.8) is 0 Å². The number of hydrogen-bond acceptors (Lipinski definition) is 3. The minimum absolute atomic E-state index is 0.117. The fourth-order valence-electron chi connectivity index (χ4n) is 3.23. The predicted molar refractivity (Wildman–Crippen MR) is 68.2 cm³/mol. The van der Waals surface area contributed by atoms with Gasteiger partial charge in [0.1, 0.15) is 5.82 Å². The Morgan fingerprint density at radius 2 is 2.29 bits per heavy atom. The Morgan fingerprint density at radius 1 is 1.41 bits per heavy atom. The molecule has 2 heterocycles. The van der Waals surface area contributed by atoms with Crippen LogP contribution in [0.3, 0.4) is 0 Å². The van der Waals surface area contributed by atoms with E-state index in [1.54, 1.807) is 0 Å². The maximum atomic E-state index is 9.92. The summed E-state index contributed by atoms with van der Waals surface area (Å²) in [6, 6.07) is 3.95. The quantitative estimate of drug-likeness (QED) is 0.819. The average molecular weight is 253 g/mol. The molecule has 1 aliphatic heterocycles. The van der Waals surface area contributed by atoms with E-state index in [0.717, 1.165) is 37.3 Å². The lowest BCUT2D eigenvalue weighted by molar-refractivity contribution is 0.133. The van der Waals surface area contributed by atoms with Gasteiger partial charge in [0, 0.05) is 30.8 Å². The van der Waals surface area contributed by atoms with E-state index in [-0.39, 0.29) is 6.10 Å². The highest BCUT2D eigenvalue weighted by atomic mass is 35.5. The standard InChI is InChI=1S/C13H17ClN2O/c14-6-9-2-1-5-15-13(9)16-7-10-3-4-12(17)11(10)8-16/h1-2,5,10-12,17H,3-4,6-8H2. The molecule has 0 spiro atoms. The first kappa shape index (κ1) is 11.3. The van der Waals surface area contributed by atoms with Gasteiger partial charge in [-0.1, -0.05) is 6.07 Å². The molecular formula is C13H17ClN2O. The van der Waals surface area contributed by atoms with Crippen LogP contribution in [0, 0.1) is 11.8 Å². The normalized spacial score (nSPS) is 31.9. The summed E-state index contributed by atoms with van der Waals surface area (Å²) in [5.41, 5.74) is 1.09. The summed E-state index contributed by atoms with van der Waals surface area (Å²) < 4.78 is 0. The van der Waals surface area contributed by atoms with Gasteiger partial charge in [0.2, 0.25) is 0 Å². The minimum atomic E-state index is -0.117. The van der Waals surface area contributed by atoms with E-state index in [1.165, 1.54) is 0 Å². The highest BCUT2D eigenvalue weighted by Crippen LogP contribution is 2.40. The zero-order chi connectivity index (χ0) is 11.8. The van der Waals surface area contributed by atoms with Gasteiger partial charge >= 0.3 is 0 Å². The van der Waals surface area contributed by atoms with Gasteiger partial charge in [-0.2, -0.15) is 0 Å². The number of anilines is 1. The smallest absolute Gasteiger partial charge is 0.132 e. The highest BCUT2D eigenvalue weighted by Gasteiger charge is 2.42. The first-order valence-corrected chi connectivity index (χ1v) is 6.76. The van der Waals surface area contributed by atoms with Gasteiger partial charge in [-0.15, -0.1) is 11.6 Å². The van der Waals surface area contributed by atoms with Crippen LogP contribution in [0.1, 0.15) is 18.4 Å². The molecule has 92 valence electrons. The Labute approximate surface area is 106 Å². The molecule has 1 aromatic rings. The van der Waals surface area contributed by atoms with E-state index < -0.39 is 0 Å². The van der Waals surface area contributed by atoms with Crippen LogP contribution >= 0.6 is 11.6 Å². The molecule has 1 aromatic heterocycles. The third-order valence-corrected chi connectivity index (χ3v) is 4.42. The second kappa shape index (κ2) is 4.46. The number of pyridine rings is 1. The third kappa shape index (κ3) is 1.91. The number of nitrogens with zero attached hydrogens (tertiary/aromatic N) is 2. The number of alkyl halides is 1. The van der Waals surface area contributed by atoms with Crippen molar-refractivity contribution in [2.75, 3.05) is 18.0 Å². The summed E-state index contributed by atoms with van der Waals surface area (Å²) in [7, 11) is 0. The van der Waals surface area contributed by atoms with Crippen LogP contribution in [0.25, 0.3) is 0 Å². The van der Waals surface area contributed by atoms with Crippen molar-refractivity contribution < 1.29 is 5.11 Å². The summed E-state index contributed by atoms with van der Waals surface area (Å²) in [5, 5.41) is 9.92. The van der Waals surface area contributed by atoms with Crippen molar-refractivity contribution >= 4 is 17.4 Å². The number of aliphatic hydroxyl groups is 1. The summed E-state index contributed by atoms with van der Waals surface area (Å²) in [5.74, 6) is 2.57. The van der Waals surface area contributed by atoms with Crippen LogP contribution in [0.2, 0.25) is 0 Å². The molecule has 1 aliphatic carbocycles. The molecule has 0 radical (unpaired) electrons. The lowest BCUT2D eigenvalue weighted by Gasteiger charge is -2.21. The Kier molecular flexibility index (Phi) is 2.97. The fraction of sp³-hybridized carbons (Fsp3) is 0.615. The molecule has 0 bridgehead atoms. The molecular weight excluding hydrogens is 236 g/mol. The largest absolute Gasteiger partial charge is 0.393 e. The first-order chi connectivity index (χ1) is 8.29. The Hall–Kier alpha value is -0.800. The number of halogens is 1. The van der Waals surface area contributed by atoms with Crippen LogP contribution in [0.15, 0.2) is 18.3 Å². The SMILES string of the molecule is OC1CCC2CN(c3ncccc3CCl)CC12. The van der Waals surface area contributed by atoms with Gasteiger partial charge in [-0.05, 0) is 24.8 Å². The predicted octanol–water partition coefficient (Wildman–Crippen LogP) is 2.03. The van der Waals surface area contributed by atoms with E-state index in [4.69, 9.17) is 11.6 Å². The second-order valence-corrected chi connectivity index (χ2v) is 5.36. The molecule has 17 heavy (non-hydrogen) atoms. The number of hydrogen-bond donors (Lipinski definition) is 1. The van der Waals surface area contributed by atoms with Gasteiger partial charge in [-0.25, -0.2) is 4.98 Å². The molecule has 3 rings (SSSR count). The zero-order valence-corrected chi connectivity index (χ0v) is 10.5. The molecule has 0 aromatic carbocycles. The Morgan fingerprint density at radius 3 is 3.06 bits per heavy atom. The summed E-state index contributed by atoms with van der Waals surface area (Å²) in [6.07, 6.45) is 3.81. The first-order valence-electron chi connectivity index (χ1n) is 6.22. The highest BCUT2D eigenvalue weighted by molar-refractivity contribution is 6.17. The number of aromatic nitrogens is 1. The monoisotopic (exact) mass is 252 g/mol. The van der Waals surface area contributed by atoms with Gasteiger partial charge in [0.15, 0.2) is 0 Å². The van der Waals surface area contributed by atoms with E-state index in [2.05, 4.69) is 9.88 Å². The molecule has 2 fully saturated rings. The topological polar surface area (TPSA) is 36.4 Å². The number of rotatable bonds is 2. The number of aliphatic hydroxyl groups excluding tert-OH is 1. The molecule has 1 saturated heterocycles. The van der Waals surface area contributed by atoms with E-state index >= 15 is 0 Å². The number of fused-ring (bicyclic) bond motifs is 1.